The molecule has 1 atom stereocenters. The SMILES string of the molecule is Cl.N[C@@H](Cc1ccccc1)C(=O)Nc1ccc(SCc2ccccc2)cn1. The molecule has 0 spiro atoms. The number of benzene rings is 2. The van der Waals surface area contributed by atoms with Crippen LogP contribution in [0.25, 0.3) is 0 Å². The summed E-state index contributed by atoms with van der Waals surface area (Å²) < 4.78 is 0. The fourth-order valence-electron chi connectivity index (χ4n) is 2.46. The van der Waals surface area contributed by atoms with Gasteiger partial charge in [-0.05, 0) is 29.7 Å². The number of hydrogen-bond donors (Lipinski definition) is 2. The number of thioether (sulfide) groups is 1. The number of anilines is 1. The molecule has 0 radical (unpaired) electrons. The molecule has 0 bridgehead atoms. The first kappa shape index (κ1) is 21.0. The van der Waals surface area contributed by atoms with Gasteiger partial charge in [-0.2, -0.15) is 0 Å². The number of rotatable bonds is 7. The second-order valence-corrected chi connectivity index (χ2v) is 6.99. The van der Waals surface area contributed by atoms with E-state index in [1.165, 1.54) is 5.56 Å². The molecular weight excluding hydrogens is 378 g/mol. The zero-order valence-corrected chi connectivity index (χ0v) is 16.4. The van der Waals surface area contributed by atoms with Crippen LogP contribution in [0, 0.1) is 0 Å². The third-order valence-corrected chi connectivity index (χ3v) is 4.92. The highest BCUT2D eigenvalue weighted by Crippen LogP contribution is 2.22. The molecule has 0 fully saturated rings. The Morgan fingerprint density at radius 1 is 0.963 bits per heavy atom. The molecule has 0 aliphatic rings. The van der Waals surface area contributed by atoms with Crippen molar-refractivity contribution in [2.75, 3.05) is 5.32 Å². The predicted octanol–water partition coefficient (Wildman–Crippen LogP) is 4.30. The average Bonchev–Trinajstić information content (AvgIpc) is 2.69. The maximum atomic E-state index is 12.2. The van der Waals surface area contributed by atoms with E-state index in [9.17, 15) is 4.79 Å². The summed E-state index contributed by atoms with van der Waals surface area (Å²) in [4.78, 5) is 17.6. The van der Waals surface area contributed by atoms with Crippen LogP contribution in [0.5, 0.6) is 0 Å². The minimum Gasteiger partial charge on any atom is -0.320 e. The quantitative estimate of drug-likeness (QED) is 0.581. The Morgan fingerprint density at radius 2 is 1.59 bits per heavy atom. The molecule has 0 saturated heterocycles. The van der Waals surface area contributed by atoms with E-state index in [1.54, 1.807) is 24.0 Å². The van der Waals surface area contributed by atoms with Crippen LogP contribution in [-0.2, 0) is 17.0 Å². The number of halogens is 1. The van der Waals surface area contributed by atoms with Gasteiger partial charge >= 0.3 is 0 Å². The van der Waals surface area contributed by atoms with E-state index in [0.29, 0.717) is 12.2 Å². The lowest BCUT2D eigenvalue weighted by Gasteiger charge is -2.12. The van der Waals surface area contributed by atoms with Crippen molar-refractivity contribution in [2.24, 2.45) is 5.73 Å². The fourth-order valence-corrected chi connectivity index (χ4v) is 3.28. The summed E-state index contributed by atoms with van der Waals surface area (Å²) in [5.74, 6) is 1.17. The summed E-state index contributed by atoms with van der Waals surface area (Å²) in [6.45, 7) is 0. The van der Waals surface area contributed by atoms with Crippen LogP contribution in [0.2, 0.25) is 0 Å². The lowest BCUT2D eigenvalue weighted by molar-refractivity contribution is -0.117. The topological polar surface area (TPSA) is 68.0 Å². The minimum atomic E-state index is -0.605. The summed E-state index contributed by atoms with van der Waals surface area (Å²) in [7, 11) is 0. The van der Waals surface area contributed by atoms with E-state index in [4.69, 9.17) is 5.73 Å². The number of aromatic nitrogens is 1. The molecule has 6 heteroatoms. The Bertz CT molecular complexity index is 829. The standard InChI is InChI=1S/C21H21N3OS.ClH/c22-19(13-16-7-3-1-4-8-16)21(25)24-20-12-11-18(14-23-20)26-15-17-9-5-2-6-10-17;/h1-12,14,19H,13,15,22H2,(H,23,24,25);1H/t19-;/m0./s1. The van der Waals surface area contributed by atoms with Gasteiger partial charge in [0.1, 0.15) is 5.82 Å². The Kier molecular flexibility index (Phi) is 8.33. The smallest absolute Gasteiger partial charge is 0.242 e. The average molecular weight is 400 g/mol. The first-order valence-corrected chi connectivity index (χ1v) is 9.42. The first-order valence-electron chi connectivity index (χ1n) is 8.44. The number of nitrogens with two attached hydrogens (primary N) is 1. The molecule has 0 saturated carbocycles. The second-order valence-electron chi connectivity index (χ2n) is 5.94. The van der Waals surface area contributed by atoms with E-state index in [2.05, 4.69) is 22.4 Å². The maximum absolute atomic E-state index is 12.2. The van der Waals surface area contributed by atoms with Gasteiger partial charge in [0.25, 0.3) is 0 Å². The number of pyridine rings is 1. The van der Waals surface area contributed by atoms with Gasteiger partial charge in [-0.15, -0.1) is 24.2 Å². The first-order chi connectivity index (χ1) is 12.7. The van der Waals surface area contributed by atoms with Gasteiger partial charge in [-0.3, -0.25) is 4.79 Å². The molecule has 1 aromatic heterocycles. The number of nitrogens with one attached hydrogen (secondary N) is 1. The van der Waals surface area contributed by atoms with Gasteiger partial charge in [-0.25, -0.2) is 4.98 Å². The molecule has 140 valence electrons. The third-order valence-electron chi connectivity index (χ3n) is 3.87. The lowest BCUT2D eigenvalue weighted by atomic mass is 10.1. The summed E-state index contributed by atoms with van der Waals surface area (Å²) in [6.07, 6.45) is 2.27. The van der Waals surface area contributed by atoms with Crippen LogP contribution in [0.1, 0.15) is 11.1 Å². The van der Waals surface area contributed by atoms with Crippen molar-refractivity contribution in [3.63, 3.8) is 0 Å². The normalized spacial score (nSPS) is 11.3. The van der Waals surface area contributed by atoms with E-state index in [1.807, 2.05) is 54.6 Å². The van der Waals surface area contributed by atoms with Crippen molar-refractivity contribution in [3.05, 3.63) is 90.1 Å². The van der Waals surface area contributed by atoms with E-state index >= 15 is 0 Å². The number of nitrogens with zero attached hydrogens (tertiary/aromatic N) is 1. The lowest BCUT2D eigenvalue weighted by Crippen LogP contribution is -2.37. The summed E-state index contributed by atoms with van der Waals surface area (Å²) >= 11 is 1.71. The monoisotopic (exact) mass is 399 g/mol. The third kappa shape index (κ3) is 6.71. The molecule has 2 aromatic carbocycles. The van der Waals surface area contributed by atoms with Gasteiger partial charge < -0.3 is 11.1 Å². The van der Waals surface area contributed by atoms with Gasteiger partial charge in [0.15, 0.2) is 0 Å². The van der Waals surface area contributed by atoms with Crippen LogP contribution in [0.3, 0.4) is 0 Å². The van der Waals surface area contributed by atoms with Gasteiger partial charge in [0.05, 0.1) is 6.04 Å². The number of hydrogen-bond acceptors (Lipinski definition) is 4. The van der Waals surface area contributed by atoms with Crippen LogP contribution in [-0.4, -0.2) is 16.9 Å². The van der Waals surface area contributed by atoms with E-state index in [0.717, 1.165) is 16.2 Å². The molecule has 1 amide bonds. The van der Waals surface area contributed by atoms with Crippen molar-refractivity contribution in [3.8, 4) is 0 Å². The van der Waals surface area contributed by atoms with Gasteiger partial charge in [0.2, 0.25) is 5.91 Å². The van der Waals surface area contributed by atoms with Crippen molar-refractivity contribution in [1.29, 1.82) is 0 Å². The Labute approximate surface area is 170 Å². The largest absolute Gasteiger partial charge is 0.320 e. The molecule has 3 aromatic rings. The van der Waals surface area contributed by atoms with Crippen molar-refractivity contribution >= 4 is 35.9 Å². The molecule has 3 rings (SSSR count). The van der Waals surface area contributed by atoms with Crippen molar-refractivity contribution in [2.45, 2.75) is 23.1 Å². The second kappa shape index (κ2) is 10.7. The number of carbonyl (C=O) groups excluding carboxylic acids is 1. The molecule has 0 aliphatic heterocycles. The van der Waals surface area contributed by atoms with Crippen LogP contribution < -0.4 is 11.1 Å². The zero-order valence-electron chi connectivity index (χ0n) is 14.7. The highest BCUT2D eigenvalue weighted by Gasteiger charge is 2.14. The highest BCUT2D eigenvalue weighted by molar-refractivity contribution is 7.98. The van der Waals surface area contributed by atoms with Gasteiger partial charge in [0, 0.05) is 16.8 Å². The zero-order chi connectivity index (χ0) is 18.2. The predicted molar refractivity (Wildman–Crippen MR) is 114 cm³/mol. The molecule has 3 N–H and O–H groups in total. The summed E-state index contributed by atoms with van der Waals surface area (Å²) in [5.41, 5.74) is 8.30. The summed E-state index contributed by atoms with van der Waals surface area (Å²) in [6, 6.07) is 23.2. The molecule has 4 nitrogen and oxygen atoms in total. The Balaban J connectivity index is 0.00000261. The molecule has 27 heavy (non-hydrogen) atoms. The van der Waals surface area contributed by atoms with Gasteiger partial charge in [-0.1, -0.05) is 60.7 Å². The Morgan fingerprint density at radius 3 is 2.19 bits per heavy atom. The molecule has 1 heterocycles. The van der Waals surface area contributed by atoms with E-state index < -0.39 is 6.04 Å². The molecule has 0 unspecified atom stereocenters. The van der Waals surface area contributed by atoms with Crippen molar-refractivity contribution < 1.29 is 4.79 Å². The fraction of sp³-hybridized carbons (Fsp3) is 0.143. The van der Waals surface area contributed by atoms with Crippen molar-refractivity contribution in [1.82, 2.24) is 4.98 Å². The van der Waals surface area contributed by atoms with Crippen LogP contribution in [0.15, 0.2) is 83.9 Å². The number of amides is 1. The Hall–Kier alpha value is -2.34. The van der Waals surface area contributed by atoms with Crippen LogP contribution in [0.4, 0.5) is 5.82 Å². The summed E-state index contributed by atoms with van der Waals surface area (Å²) in [5, 5.41) is 2.78. The van der Waals surface area contributed by atoms with Crippen LogP contribution >= 0.6 is 24.2 Å². The maximum Gasteiger partial charge on any atom is 0.242 e. The molecule has 0 aliphatic carbocycles. The van der Waals surface area contributed by atoms with E-state index in [-0.39, 0.29) is 18.3 Å². The minimum absolute atomic E-state index is 0. The highest BCUT2D eigenvalue weighted by atomic mass is 35.5. The molecular formula is C21H22ClN3OS. The number of carbonyl (C=O) groups is 1.